The summed E-state index contributed by atoms with van der Waals surface area (Å²) in [6.07, 6.45) is -1.66. The summed E-state index contributed by atoms with van der Waals surface area (Å²) >= 11 is 0. The van der Waals surface area contributed by atoms with Crippen molar-refractivity contribution in [1.82, 2.24) is 0 Å². The quantitative estimate of drug-likeness (QED) is 0.716. The van der Waals surface area contributed by atoms with Gasteiger partial charge in [0.05, 0.1) is 6.61 Å². The molecule has 1 aromatic carbocycles. The molecule has 0 aliphatic heterocycles. The molecule has 0 aromatic heterocycles. The van der Waals surface area contributed by atoms with E-state index >= 15 is 0 Å². The normalized spacial score (nSPS) is 11.9. The number of carbonyl (C=O) groups is 1. The van der Waals surface area contributed by atoms with Gasteiger partial charge in [-0.05, 0) is 18.1 Å². The third-order valence-corrected chi connectivity index (χ3v) is 2.15. The van der Waals surface area contributed by atoms with Crippen LogP contribution in [-0.2, 0) is 9.53 Å². The van der Waals surface area contributed by atoms with Crippen LogP contribution in [0.25, 0.3) is 5.57 Å². The maximum atomic E-state index is 13.4. The Morgan fingerprint density at radius 3 is 2.62 bits per heavy atom. The largest absolute Gasteiger partial charge is 0.464 e. The number of hydrogen-bond donors (Lipinski definition) is 0. The van der Waals surface area contributed by atoms with E-state index in [1.165, 1.54) is 0 Å². The van der Waals surface area contributed by atoms with Crippen molar-refractivity contribution in [3.63, 3.8) is 0 Å². The summed E-state index contributed by atoms with van der Waals surface area (Å²) in [5.41, 5.74) is 1.44. The van der Waals surface area contributed by atoms with Crippen LogP contribution in [0.1, 0.15) is 18.9 Å². The van der Waals surface area contributed by atoms with E-state index in [0.29, 0.717) is 5.57 Å². The molecule has 0 aliphatic rings. The fourth-order valence-electron chi connectivity index (χ4n) is 1.32. The van der Waals surface area contributed by atoms with Gasteiger partial charge >= 0.3 is 5.97 Å². The summed E-state index contributed by atoms with van der Waals surface area (Å²) in [5.74, 6) is -0.820. The highest BCUT2D eigenvalue weighted by Crippen LogP contribution is 2.19. The molecule has 0 aliphatic carbocycles. The molecule has 16 heavy (non-hydrogen) atoms. The van der Waals surface area contributed by atoms with Gasteiger partial charge in [-0.25, -0.2) is 9.18 Å². The molecular formula is C13H15FO2. The Morgan fingerprint density at radius 1 is 1.44 bits per heavy atom. The van der Waals surface area contributed by atoms with E-state index in [1.54, 1.807) is 6.92 Å². The summed E-state index contributed by atoms with van der Waals surface area (Å²) < 4.78 is 18.0. The van der Waals surface area contributed by atoms with Crippen LogP contribution in [-0.4, -0.2) is 18.7 Å². The minimum atomic E-state index is -1.63. The van der Waals surface area contributed by atoms with Crippen molar-refractivity contribution >= 4 is 11.5 Å². The monoisotopic (exact) mass is 222 g/mol. The predicted molar refractivity (Wildman–Crippen MR) is 61.6 cm³/mol. The van der Waals surface area contributed by atoms with E-state index in [0.717, 1.165) is 5.56 Å². The highest BCUT2D eigenvalue weighted by atomic mass is 19.1. The lowest BCUT2D eigenvalue weighted by atomic mass is 10.0. The second-order valence-corrected chi connectivity index (χ2v) is 3.39. The summed E-state index contributed by atoms with van der Waals surface area (Å²) in [5, 5.41) is 0. The molecule has 0 saturated carbocycles. The molecule has 0 spiro atoms. The van der Waals surface area contributed by atoms with Gasteiger partial charge in [-0.3, -0.25) is 0 Å². The number of alkyl halides is 1. The maximum Gasteiger partial charge on any atom is 0.341 e. The zero-order valence-electron chi connectivity index (χ0n) is 9.28. The number of esters is 1. The van der Waals surface area contributed by atoms with E-state index < -0.39 is 12.1 Å². The number of carbonyl (C=O) groups excluding carboxylic acids is 1. The molecule has 0 bridgehead atoms. The van der Waals surface area contributed by atoms with Crippen LogP contribution in [0, 0.1) is 0 Å². The lowest BCUT2D eigenvalue weighted by Crippen LogP contribution is -2.19. The van der Waals surface area contributed by atoms with Gasteiger partial charge in [0.1, 0.15) is 0 Å². The number of halogens is 1. The zero-order chi connectivity index (χ0) is 12.0. The third kappa shape index (κ3) is 3.50. The first-order valence-electron chi connectivity index (χ1n) is 5.19. The van der Waals surface area contributed by atoms with Crippen molar-refractivity contribution in [3.8, 4) is 0 Å². The molecule has 0 unspecified atom stereocenters. The van der Waals surface area contributed by atoms with Gasteiger partial charge in [0.2, 0.25) is 6.17 Å². The van der Waals surface area contributed by atoms with Gasteiger partial charge < -0.3 is 4.74 Å². The first-order chi connectivity index (χ1) is 7.65. The first kappa shape index (κ1) is 12.4. The Balaban J connectivity index is 2.55. The van der Waals surface area contributed by atoms with Crippen LogP contribution in [0.15, 0.2) is 36.9 Å². The number of rotatable bonds is 5. The van der Waals surface area contributed by atoms with Crippen molar-refractivity contribution in [2.45, 2.75) is 19.5 Å². The van der Waals surface area contributed by atoms with Crippen molar-refractivity contribution < 1.29 is 13.9 Å². The van der Waals surface area contributed by atoms with Crippen LogP contribution in [0.4, 0.5) is 4.39 Å². The van der Waals surface area contributed by atoms with Gasteiger partial charge in [-0.15, -0.1) is 0 Å². The minimum Gasteiger partial charge on any atom is -0.464 e. The van der Waals surface area contributed by atoms with E-state index in [2.05, 4.69) is 11.3 Å². The Morgan fingerprint density at radius 2 is 2.06 bits per heavy atom. The summed E-state index contributed by atoms with van der Waals surface area (Å²) in [4.78, 5) is 11.1. The number of allylic oxidation sites excluding steroid dienone is 1. The number of ether oxygens (including phenoxy) is 1. The third-order valence-electron chi connectivity index (χ3n) is 2.15. The van der Waals surface area contributed by atoms with Crippen LogP contribution in [0.5, 0.6) is 0 Å². The summed E-state index contributed by atoms with van der Waals surface area (Å²) in [7, 11) is 0. The van der Waals surface area contributed by atoms with Crippen molar-refractivity contribution in [2.24, 2.45) is 0 Å². The Kier molecular flexibility index (Phi) is 4.70. The maximum absolute atomic E-state index is 13.4. The highest BCUT2D eigenvalue weighted by Gasteiger charge is 2.19. The number of benzene rings is 1. The molecule has 0 N–H and O–H groups in total. The highest BCUT2D eigenvalue weighted by molar-refractivity contribution is 5.78. The Labute approximate surface area is 94.7 Å². The lowest BCUT2D eigenvalue weighted by Gasteiger charge is -2.09. The zero-order valence-corrected chi connectivity index (χ0v) is 9.28. The van der Waals surface area contributed by atoms with E-state index in [4.69, 9.17) is 0 Å². The van der Waals surface area contributed by atoms with Gasteiger partial charge in [0.25, 0.3) is 0 Å². The molecule has 1 rings (SSSR count). The molecule has 1 atom stereocenters. The van der Waals surface area contributed by atoms with Gasteiger partial charge in [0.15, 0.2) is 0 Å². The van der Waals surface area contributed by atoms with Gasteiger partial charge in [-0.2, -0.15) is 0 Å². The van der Waals surface area contributed by atoms with Gasteiger partial charge in [0, 0.05) is 6.42 Å². The molecule has 0 radical (unpaired) electrons. The molecule has 0 fully saturated rings. The molecule has 0 amide bonds. The fourth-order valence-corrected chi connectivity index (χ4v) is 1.32. The second-order valence-electron chi connectivity index (χ2n) is 3.39. The van der Waals surface area contributed by atoms with E-state index in [1.807, 2.05) is 30.3 Å². The Bertz CT molecular complexity index is 359. The SMILES string of the molecule is C=C(C[C@H](F)C(=O)OCC)c1ccccc1. The molecule has 86 valence electrons. The summed E-state index contributed by atoms with van der Waals surface area (Å²) in [6.45, 7) is 5.60. The summed E-state index contributed by atoms with van der Waals surface area (Å²) in [6, 6.07) is 9.23. The predicted octanol–water partition coefficient (Wildman–Crippen LogP) is 2.99. The lowest BCUT2D eigenvalue weighted by molar-refractivity contribution is -0.148. The average molecular weight is 222 g/mol. The molecule has 0 saturated heterocycles. The molecule has 1 aromatic rings. The standard InChI is InChI=1S/C13H15FO2/c1-3-16-13(15)12(14)9-10(2)11-7-5-4-6-8-11/h4-8,12H,2-3,9H2,1H3/t12-/m0/s1. The van der Waals surface area contributed by atoms with Crippen molar-refractivity contribution in [1.29, 1.82) is 0 Å². The second kappa shape index (κ2) is 6.05. The molecule has 0 heterocycles. The van der Waals surface area contributed by atoms with Gasteiger partial charge in [-0.1, -0.05) is 36.9 Å². The van der Waals surface area contributed by atoms with Crippen molar-refractivity contribution in [2.75, 3.05) is 6.61 Å². The van der Waals surface area contributed by atoms with Crippen LogP contribution < -0.4 is 0 Å². The van der Waals surface area contributed by atoms with Crippen LogP contribution in [0.2, 0.25) is 0 Å². The topological polar surface area (TPSA) is 26.3 Å². The van der Waals surface area contributed by atoms with Crippen LogP contribution in [0.3, 0.4) is 0 Å². The Hall–Kier alpha value is -1.64. The smallest absolute Gasteiger partial charge is 0.341 e. The number of hydrogen-bond acceptors (Lipinski definition) is 2. The van der Waals surface area contributed by atoms with Crippen LogP contribution >= 0.6 is 0 Å². The fraction of sp³-hybridized carbons (Fsp3) is 0.308. The molecule has 2 nitrogen and oxygen atoms in total. The molecular weight excluding hydrogens is 207 g/mol. The average Bonchev–Trinajstić information content (AvgIpc) is 2.30. The molecule has 3 heteroatoms. The van der Waals surface area contributed by atoms with E-state index in [9.17, 15) is 9.18 Å². The van der Waals surface area contributed by atoms with Crippen molar-refractivity contribution in [3.05, 3.63) is 42.5 Å². The minimum absolute atomic E-state index is 0.0250. The van der Waals surface area contributed by atoms with E-state index in [-0.39, 0.29) is 13.0 Å². The first-order valence-corrected chi connectivity index (χ1v) is 5.19.